The summed E-state index contributed by atoms with van der Waals surface area (Å²) in [6, 6.07) is 6.56. The predicted octanol–water partition coefficient (Wildman–Crippen LogP) is -0.634. The summed E-state index contributed by atoms with van der Waals surface area (Å²) in [5, 5.41) is 0. The molecule has 0 saturated carbocycles. The second-order valence-electron chi connectivity index (χ2n) is 7.13. The average molecular weight is 414 g/mol. The van der Waals surface area contributed by atoms with Crippen LogP contribution >= 0.6 is 0 Å². The quantitative estimate of drug-likeness (QED) is 0.520. The summed E-state index contributed by atoms with van der Waals surface area (Å²) in [5.41, 5.74) is 5.64. The fourth-order valence-electron chi connectivity index (χ4n) is 3.49. The van der Waals surface area contributed by atoms with E-state index in [4.69, 9.17) is 10.5 Å². The van der Waals surface area contributed by atoms with Gasteiger partial charge in [0.15, 0.2) is 6.61 Å². The first-order chi connectivity index (χ1) is 14.1. The van der Waals surface area contributed by atoms with Crippen molar-refractivity contribution in [3.05, 3.63) is 61.8 Å². The van der Waals surface area contributed by atoms with Crippen molar-refractivity contribution in [2.75, 3.05) is 12.3 Å². The number of nitrogens with zero attached hydrogens (tertiary/aromatic N) is 3. The highest BCUT2D eigenvalue weighted by molar-refractivity contribution is 6.01. The molecule has 0 bridgehead atoms. The highest BCUT2D eigenvalue weighted by Gasteiger charge is 2.34. The van der Waals surface area contributed by atoms with E-state index in [0.717, 1.165) is 20.3 Å². The number of hydrogen-bond donors (Lipinski definition) is 1. The molecule has 0 radical (unpaired) electrons. The largest absolute Gasteiger partial charge is 0.456 e. The summed E-state index contributed by atoms with van der Waals surface area (Å²) in [6.45, 7) is 0.877. The van der Waals surface area contributed by atoms with Crippen molar-refractivity contribution in [3.63, 3.8) is 0 Å². The number of fused-ring (bicyclic) bond motifs is 1. The van der Waals surface area contributed by atoms with Gasteiger partial charge in [0.25, 0.3) is 5.56 Å². The Bertz CT molecular complexity index is 1160. The maximum Gasteiger partial charge on any atom is 0.332 e. The van der Waals surface area contributed by atoms with Gasteiger partial charge in [-0.15, -0.1) is 0 Å². The van der Waals surface area contributed by atoms with E-state index in [1.807, 2.05) is 24.3 Å². The molecule has 1 atom stereocenters. The molecule has 2 N–H and O–H groups in total. The minimum absolute atomic E-state index is 0.256. The molecule has 2 aromatic rings. The number of Topliss-reactive ketones (excluding diaryl/α,β-unsaturated/α-hetero) is 1. The lowest BCUT2D eigenvalue weighted by Gasteiger charge is -2.34. The summed E-state index contributed by atoms with van der Waals surface area (Å²) in [7, 11) is 2.54. The number of aromatic nitrogens is 2. The van der Waals surface area contributed by atoms with Gasteiger partial charge in [0.05, 0.1) is 0 Å². The third-order valence-electron chi connectivity index (χ3n) is 5.26. The van der Waals surface area contributed by atoms with Gasteiger partial charge in [0.2, 0.25) is 11.7 Å². The lowest BCUT2D eigenvalue weighted by molar-refractivity contribution is -0.154. The summed E-state index contributed by atoms with van der Waals surface area (Å²) in [4.78, 5) is 62.8. The topological polar surface area (TPSA) is 134 Å². The van der Waals surface area contributed by atoms with Crippen LogP contribution in [0.2, 0.25) is 0 Å². The van der Waals surface area contributed by atoms with Crippen LogP contribution in [0.4, 0.5) is 5.82 Å². The van der Waals surface area contributed by atoms with Crippen LogP contribution in [0, 0.1) is 0 Å². The van der Waals surface area contributed by atoms with Crippen molar-refractivity contribution in [1.29, 1.82) is 0 Å². The Labute approximate surface area is 171 Å². The smallest absolute Gasteiger partial charge is 0.332 e. The van der Waals surface area contributed by atoms with Gasteiger partial charge in [0, 0.05) is 34.0 Å². The lowest BCUT2D eigenvalue weighted by Crippen LogP contribution is -2.49. The van der Waals surface area contributed by atoms with Gasteiger partial charge in [0.1, 0.15) is 17.4 Å². The molecule has 1 aromatic heterocycles. The molecule has 1 aliphatic heterocycles. The van der Waals surface area contributed by atoms with Gasteiger partial charge in [-0.05, 0) is 11.1 Å². The number of nitrogen functional groups attached to an aromatic ring is 1. The van der Waals surface area contributed by atoms with Crippen LogP contribution in [-0.4, -0.2) is 44.3 Å². The van der Waals surface area contributed by atoms with E-state index in [2.05, 4.69) is 0 Å². The number of esters is 1. The Kier molecular flexibility index (Phi) is 5.59. The lowest BCUT2D eigenvalue weighted by atomic mass is 9.94. The average Bonchev–Trinajstić information content (AvgIpc) is 2.73. The number of ketones is 1. The zero-order valence-corrected chi connectivity index (χ0v) is 16.9. The normalized spacial score (nSPS) is 15.4. The molecule has 0 spiro atoms. The van der Waals surface area contributed by atoms with Gasteiger partial charge in [-0.3, -0.25) is 23.5 Å². The molecule has 30 heavy (non-hydrogen) atoms. The van der Waals surface area contributed by atoms with Gasteiger partial charge in [-0.2, -0.15) is 0 Å². The summed E-state index contributed by atoms with van der Waals surface area (Å²) >= 11 is 0. The first-order valence-corrected chi connectivity index (χ1v) is 9.22. The van der Waals surface area contributed by atoms with Gasteiger partial charge >= 0.3 is 11.7 Å². The number of hydrogen-bond acceptors (Lipinski definition) is 7. The van der Waals surface area contributed by atoms with Crippen LogP contribution in [0.3, 0.4) is 0 Å². The fraction of sp³-hybridized carbons (Fsp3) is 0.350. The molecular formula is C20H22N4O6. The van der Waals surface area contributed by atoms with Crippen molar-refractivity contribution in [3.8, 4) is 0 Å². The summed E-state index contributed by atoms with van der Waals surface area (Å²) < 4.78 is 6.85. The van der Waals surface area contributed by atoms with E-state index < -0.39 is 41.2 Å². The molecule has 10 nitrogen and oxygen atoms in total. The monoisotopic (exact) mass is 414 g/mol. The van der Waals surface area contributed by atoms with Crippen LogP contribution in [0.25, 0.3) is 0 Å². The molecule has 10 heteroatoms. The summed E-state index contributed by atoms with van der Waals surface area (Å²) in [5.74, 6) is -2.19. The Morgan fingerprint density at radius 2 is 1.73 bits per heavy atom. The van der Waals surface area contributed by atoms with Crippen LogP contribution in [0.1, 0.15) is 28.4 Å². The van der Waals surface area contributed by atoms with Crippen molar-refractivity contribution in [1.82, 2.24) is 14.0 Å². The molecule has 1 aliphatic rings. The van der Waals surface area contributed by atoms with Crippen LogP contribution in [-0.2, 0) is 41.4 Å². The Morgan fingerprint density at radius 3 is 2.37 bits per heavy atom. The highest BCUT2D eigenvalue weighted by atomic mass is 16.5. The Balaban J connectivity index is 1.80. The standard InChI is InChI=1S/C20H22N4O6/c1-11(25)24-9-13-7-5-4-6-12(13)8-14(24)19(28)30-10-15(26)16-17(21)22(2)20(29)23(3)18(16)27/h4-7,14H,8-10,21H2,1-3H3/t14-/m1/s1. The number of ether oxygens (including phenoxy) is 1. The van der Waals surface area contributed by atoms with E-state index in [9.17, 15) is 24.0 Å². The van der Waals surface area contributed by atoms with E-state index in [-0.39, 0.29) is 24.7 Å². The number of amides is 1. The first kappa shape index (κ1) is 21.0. The number of benzene rings is 1. The molecule has 1 amide bonds. The van der Waals surface area contributed by atoms with E-state index in [1.165, 1.54) is 25.9 Å². The molecule has 1 aromatic carbocycles. The molecule has 0 unspecified atom stereocenters. The molecule has 3 rings (SSSR count). The molecular weight excluding hydrogens is 392 g/mol. The highest BCUT2D eigenvalue weighted by Crippen LogP contribution is 2.24. The van der Waals surface area contributed by atoms with Crippen molar-refractivity contribution in [2.24, 2.45) is 14.1 Å². The van der Waals surface area contributed by atoms with Crippen LogP contribution in [0.5, 0.6) is 0 Å². The minimum Gasteiger partial charge on any atom is -0.456 e. The van der Waals surface area contributed by atoms with E-state index >= 15 is 0 Å². The van der Waals surface area contributed by atoms with Crippen LogP contribution < -0.4 is 17.0 Å². The third kappa shape index (κ3) is 3.63. The zero-order chi connectivity index (χ0) is 22.2. The van der Waals surface area contributed by atoms with Crippen molar-refractivity contribution in [2.45, 2.75) is 25.9 Å². The van der Waals surface area contributed by atoms with Crippen molar-refractivity contribution < 1.29 is 19.1 Å². The van der Waals surface area contributed by atoms with Crippen molar-refractivity contribution >= 4 is 23.5 Å². The second-order valence-corrected chi connectivity index (χ2v) is 7.13. The van der Waals surface area contributed by atoms with E-state index in [1.54, 1.807) is 0 Å². The predicted molar refractivity (Wildman–Crippen MR) is 107 cm³/mol. The molecule has 2 heterocycles. The molecule has 0 aliphatic carbocycles. The molecule has 158 valence electrons. The number of carbonyl (C=O) groups excluding carboxylic acids is 3. The second kappa shape index (κ2) is 7.97. The number of carbonyl (C=O) groups is 3. The fourth-order valence-corrected chi connectivity index (χ4v) is 3.49. The van der Waals surface area contributed by atoms with Gasteiger partial charge < -0.3 is 15.4 Å². The van der Waals surface area contributed by atoms with Crippen LogP contribution in [0.15, 0.2) is 33.9 Å². The van der Waals surface area contributed by atoms with E-state index in [0.29, 0.717) is 0 Å². The number of anilines is 1. The maximum atomic E-state index is 12.7. The first-order valence-electron chi connectivity index (χ1n) is 9.22. The molecule has 0 saturated heterocycles. The Morgan fingerprint density at radius 1 is 1.10 bits per heavy atom. The van der Waals surface area contributed by atoms with Gasteiger partial charge in [-0.1, -0.05) is 24.3 Å². The maximum absolute atomic E-state index is 12.7. The number of rotatable bonds is 4. The third-order valence-corrected chi connectivity index (χ3v) is 5.26. The Hall–Kier alpha value is -3.69. The van der Waals surface area contributed by atoms with Gasteiger partial charge in [-0.25, -0.2) is 9.59 Å². The number of nitrogens with two attached hydrogens (primary N) is 1. The molecule has 0 fully saturated rings. The summed E-state index contributed by atoms with van der Waals surface area (Å²) in [6.07, 6.45) is 0.256. The minimum atomic E-state index is -0.884. The SMILES string of the molecule is CC(=O)N1Cc2ccccc2C[C@@H]1C(=O)OCC(=O)c1c(N)n(C)c(=O)n(C)c1=O. The zero-order valence-electron chi connectivity index (χ0n) is 16.9.